The van der Waals surface area contributed by atoms with Gasteiger partial charge < -0.3 is 31.3 Å². The second-order valence-electron chi connectivity index (χ2n) is 1.84. The number of hydrogen-bond acceptors (Lipinski definition) is 6. The van der Waals surface area contributed by atoms with Gasteiger partial charge in [-0.05, 0) is 0 Å². The van der Waals surface area contributed by atoms with Crippen LogP contribution in [-0.2, 0) is 26.8 Å². The first-order valence-electron chi connectivity index (χ1n) is 2.73. The summed E-state index contributed by atoms with van der Waals surface area (Å²) in [5.74, 6) is 0. The van der Waals surface area contributed by atoms with E-state index in [0.29, 0.717) is 0 Å². The first kappa shape index (κ1) is 14.5. The van der Waals surface area contributed by atoms with Gasteiger partial charge in [0.1, 0.15) is 0 Å². The molecule has 83 valence electrons. The number of hydrogen-bond donors (Lipinski definition) is 3. The molecular formula is CH6BO9P3-. The van der Waals surface area contributed by atoms with E-state index in [0.717, 1.165) is 7.11 Å². The van der Waals surface area contributed by atoms with E-state index < -0.39 is 23.1 Å². The largest absolute Gasteiger partial charge is 0.485 e. The van der Waals surface area contributed by atoms with E-state index in [1.54, 1.807) is 0 Å². The van der Waals surface area contributed by atoms with E-state index in [1.807, 2.05) is 0 Å². The molecule has 2 unspecified atom stereocenters. The molecule has 0 aliphatic heterocycles. The van der Waals surface area contributed by atoms with Gasteiger partial charge in [-0.3, -0.25) is 0 Å². The number of rotatable bonds is 5. The van der Waals surface area contributed by atoms with Crippen molar-refractivity contribution in [1.82, 2.24) is 0 Å². The second kappa shape index (κ2) is 4.57. The Balaban J connectivity index is 4.60. The first-order valence-corrected chi connectivity index (χ1v) is 7.36. The highest BCUT2D eigenvalue weighted by atomic mass is 31.3. The molecule has 0 heterocycles. The fraction of sp³-hybridized carbons (Fsp3) is 1.00. The van der Waals surface area contributed by atoms with Crippen LogP contribution in [0.4, 0.5) is 0 Å². The van der Waals surface area contributed by atoms with E-state index in [1.165, 1.54) is 0 Å². The Hall–Kier alpha value is 0.515. The van der Waals surface area contributed by atoms with Gasteiger partial charge in [0.05, 0.1) is 7.47 Å². The quantitative estimate of drug-likeness (QED) is 0.467. The molecule has 0 aromatic carbocycles. The van der Waals surface area contributed by atoms with E-state index in [-0.39, 0.29) is 0 Å². The molecule has 2 atom stereocenters. The van der Waals surface area contributed by atoms with Gasteiger partial charge in [-0.25, -0.2) is 13.4 Å². The predicted octanol–water partition coefficient (Wildman–Crippen LogP) is 0.136. The van der Waals surface area contributed by atoms with Gasteiger partial charge in [-0.15, -0.1) is 0 Å². The van der Waals surface area contributed by atoms with Crippen molar-refractivity contribution in [2.45, 2.75) is 0 Å². The van der Waals surface area contributed by atoms with Crippen molar-refractivity contribution in [2.75, 3.05) is 7.11 Å². The predicted molar refractivity (Wildman–Crippen MR) is 44.4 cm³/mol. The van der Waals surface area contributed by atoms with Crippen molar-refractivity contribution in [1.29, 1.82) is 0 Å². The van der Waals surface area contributed by atoms with Crippen LogP contribution in [-0.4, -0.2) is 29.4 Å². The van der Waals surface area contributed by atoms with Crippen LogP contribution in [0.15, 0.2) is 0 Å². The molecule has 14 heavy (non-hydrogen) atoms. The molecule has 0 amide bonds. The zero-order chi connectivity index (χ0) is 11.6. The van der Waals surface area contributed by atoms with Gasteiger partial charge in [-0.1, -0.05) is 0 Å². The number of phosphoric acid groups is 2. The maximum absolute atomic E-state index is 10.8. The smallest absolute Gasteiger partial charge is 0.443 e. The Kier molecular flexibility index (Phi) is 4.74. The molecule has 0 bridgehead atoms. The summed E-state index contributed by atoms with van der Waals surface area (Å²) in [5, 5.41) is 0. The standard InChI is InChI=1S/CH6BO9P3/c1-9-12(2,3)10-14(7,8)11-13(4,5)6/h1H3,(H,7,8)(H2,4,5,6)/q-1. The van der Waals surface area contributed by atoms with Crippen LogP contribution in [0.2, 0.25) is 0 Å². The van der Waals surface area contributed by atoms with Crippen LogP contribution in [0.3, 0.4) is 0 Å². The van der Waals surface area contributed by atoms with Crippen molar-refractivity contribution < 1.29 is 41.5 Å². The van der Waals surface area contributed by atoms with Crippen molar-refractivity contribution in [2.24, 2.45) is 0 Å². The van der Waals surface area contributed by atoms with Crippen LogP contribution in [0.5, 0.6) is 0 Å². The highest BCUT2D eigenvalue weighted by Crippen LogP contribution is 2.65. The lowest BCUT2D eigenvalue weighted by Crippen LogP contribution is -1.94. The first-order chi connectivity index (χ1) is 5.97. The summed E-state index contributed by atoms with van der Waals surface area (Å²) >= 11 is 0. The fourth-order valence-corrected chi connectivity index (χ4v) is 3.21. The van der Waals surface area contributed by atoms with Gasteiger partial charge in [0.25, 0.3) is 0 Å². The summed E-state index contributed by atoms with van der Waals surface area (Å²) in [5.41, 5.74) is 0. The average Bonchev–Trinajstić information content (AvgIpc) is 1.78. The third-order valence-corrected chi connectivity index (χ3v) is 4.60. The topological polar surface area (TPSA) is 140 Å². The molecule has 9 nitrogen and oxygen atoms in total. The van der Waals surface area contributed by atoms with Gasteiger partial charge in [0.2, 0.25) is 0 Å². The monoisotopic (exact) mass is 266 g/mol. The molecule has 0 aliphatic rings. The van der Waals surface area contributed by atoms with Crippen molar-refractivity contribution in [3.63, 3.8) is 0 Å². The lowest BCUT2D eigenvalue weighted by atomic mass is 10.8. The summed E-state index contributed by atoms with van der Waals surface area (Å²) in [6, 6.07) is 0. The lowest BCUT2D eigenvalue weighted by Gasteiger charge is -2.25. The van der Waals surface area contributed by atoms with Crippen molar-refractivity contribution in [3.05, 3.63) is 0 Å². The average molecular weight is 266 g/mol. The minimum absolute atomic E-state index is 0.804. The summed E-state index contributed by atoms with van der Waals surface area (Å²) < 4.78 is 42.4. The minimum atomic E-state index is -5.25. The van der Waals surface area contributed by atoms with Crippen molar-refractivity contribution in [3.8, 4) is 0 Å². The molecule has 0 aliphatic carbocycles. The zero-order valence-corrected chi connectivity index (χ0v) is 9.39. The lowest BCUT2D eigenvalue weighted by molar-refractivity contribution is 0.221. The van der Waals surface area contributed by atoms with E-state index in [4.69, 9.17) is 14.7 Å². The van der Waals surface area contributed by atoms with E-state index >= 15 is 0 Å². The van der Waals surface area contributed by atoms with Gasteiger partial charge in [0, 0.05) is 7.11 Å². The molecule has 0 aromatic rings. The second-order valence-corrected chi connectivity index (χ2v) is 6.51. The fourth-order valence-electron chi connectivity index (χ4n) is 0.326. The highest BCUT2D eigenvalue weighted by molar-refractivity contribution is 7.84. The maximum Gasteiger partial charge on any atom is 0.485 e. The van der Waals surface area contributed by atoms with Crippen LogP contribution in [0, 0.1) is 0 Å². The van der Waals surface area contributed by atoms with E-state index in [2.05, 4.69) is 20.7 Å². The van der Waals surface area contributed by atoms with Crippen LogP contribution >= 0.6 is 23.1 Å². The van der Waals surface area contributed by atoms with Gasteiger partial charge in [-0.2, -0.15) is 4.31 Å². The Morgan fingerprint density at radius 1 is 1.07 bits per heavy atom. The molecule has 0 rings (SSSR count). The van der Waals surface area contributed by atoms with Crippen LogP contribution in [0.1, 0.15) is 0 Å². The Bertz CT molecular complexity index is 329. The van der Waals surface area contributed by atoms with Gasteiger partial charge in [0.15, 0.2) is 0 Å². The molecule has 0 fully saturated rings. The molecule has 0 spiro atoms. The van der Waals surface area contributed by atoms with Crippen LogP contribution in [0.25, 0.3) is 0 Å². The van der Waals surface area contributed by atoms with Crippen LogP contribution < -0.4 is 0 Å². The molecule has 3 N–H and O–H groups in total. The summed E-state index contributed by atoms with van der Waals surface area (Å²) in [4.78, 5) is 24.9. The maximum atomic E-state index is 10.8. The molecule has 0 saturated heterocycles. The molecule has 0 saturated carbocycles. The normalized spacial score (nSPS) is 21.2. The molecular weight excluding hydrogens is 260 g/mol. The molecule has 0 aromatic heterocycles. The SMILES string of the molecule is [B-]P(=O)(OC)OP(=O)(O)OP(=O)(O)O. The molecule has 13 heteroatoms. The third kappa shape index (κ3) is 6.89. The minimum Gasteiger partial charge on any atom is -0.443 e. The summed E-state index contributed by atoms with van der Waals surface area (Å²) in [7, 11) is -9.37. The Morgan fingerprint density at radius 2 is 1.50 bits per heavy atom. The Morgan fingerprint density at radius 3 is 1.79 bits per heavy atom. The Labute approximate surface area is 80.1 Å². The third-order valence-electron chi connectivity index (χ3n) is 0.681. The van der Waals surface area contributed by atoms with E-state index in [9.17, 15) is 13.7 Å². The summed E-state index contributed by atoms with van der Waals surface area (Å²) in [6.07, 6.45) is 0. The van der Waals surface area contributed by atoms with Crippen molar-refractivity contribution >= 4 is 30.7 Å². The summed E-state index contributed by atoms with van der Waals surface area (Å²) in [6.45, 7) is 0. The highest BCUT2D eigenvalue weighted by Gasteiger charge is 2.34. The zero-order valence-electron chi connectivity index (χ0n) is 6.71. The molecule has 3 radical (unpaired) electrons. The van der Waals surface area contributed by atoms with Gasteiger partial charge >= 0.3 is 15.6 Å².